The molecule has 28 valence electrons. The molecule has 3 nitrogen and oxygen atoms in total. The summed E-state index contributed by atoms with van der Waals surface area (Å²) >= 11 is 0. The Balaban J connectivity index is 2.32. The van der Waals surface area contributed by atoms with Gasteiger partial charge in [-0.3, -0.25) is 0 Å². The van der Waals surface area contributed by atoms with Gasteiger partial charge in [-0.1, -0.05) is 0 Å². The third-order valence-electron chi connectivity index (χ3n) is 0.234. The van der Waals surface area contributed by atoms with Gasteiger partial charge >= 0.3 is 0 Å². The van der Waals surface area contributed by atoms with Crippen LogP contribution in [-0.2, 0) is 9.56 Å². The van der Waals surface area contributed by atoms with E-state index in [9.17, 15) is 0 Å². The average molecular weight is 91.0 g/mol. The topological polar surface area (TPSA) is 30.8 Å². The van der Waals surface area contributed by atoms with Crippen LogP contribution in [0.5, 0.6) is 0 Å². The second-order valence-corrected chi connectivity index (χ2v) is 1.11. The van der Waals surface area contributed by atoms with Crippen LogP contribution in [0.4, 0.5) is 0 Å². The molecule has 0 fully saturated rings. The Morgan fingerprint density at radius 1 is 1.80 bits per heavy atom. The van der Waals surface area contributed by atoms with Gasteiger partial charge in [0.1, 0.15) is 0 Å². The van der Waals surface area contributed by atoms with Gasteiger partial charge in [-0.25, -0.2) is 0 Å². The molecule has 0 N–H and O–H groups in total. The van der Waals surface area contributed by atoms with Crippen molar-refractivity contribution in [3.8, 4) is 0 Å². The highest BCUT2D eigenvalue weighted by molar-refractivity contribution is 7.30. The molecule has 0 saturated carbocycles. The summed E-state index contributed by atoms with van der Waals surface area (Å²) in [5.74, 6) is 0. The summed E-state index contributed by atoms with van der Waals surface area (Å²) in [6.07, 6.45) is 1.28. The van der Waals surface area contributed by atoms with E-state index in [-0.39, 0.29) is 8.96 Å². The monoisotopic (exact) mass is 91.0 g/mol. The van der Waals surface area contributed by atoms with E-state index in [0.717, 1.165) is 0 Å². The van der Waals surface area contributed by atoms with Crippen molar-refractivity contribution >= 4 is 15.4 Å². The minimum absolute atomic E-state index is 0.156. The van der Waals surface area contributed by atoms with E-state index in [1.54, 1.807) is 0 Å². The summed E-state index contributed by atoms with van der Waals surface area (Å²) < 4.78 is 7.79. The third-order valence-corrected chi connectivity index (χ3v) is 0.615. The fourth-order valence-electron chi connectivity index (χ4n) is 0.108. The van der Waals surface area contributed by atoms with Crippen LogP contribution in [0, 0.1) is 0 Å². The van der Waals surface area contributed by atoms with Gasteiger partial charge in [0.25, 0.3) is 0 Å². The molecule has 1 atom stereocenters. The molecule has 4 heteroatoms. The van der Waals surface area contributed by atoms with Gasteiger partial charge in [0, 0.05) is 0 Å². The van der Waals surface area contributed by atoms with Gasteiger partial charge in [0.2, 0.25) is 6.40 Å². The Kier molecular flexibility index (Phi) is 0.820. The van der Waals surface area contributed by atoms with Gasteiger partial charge in [-0.15, -0.1) is 4.67 Å². The largest absolute Gasteiger partial charge is 0.320 e. The number of rotatable bonds is 0. The highest BCUT2D eigenvalue weighted by Gasteiger charge is 1.86. The van der Waals surface area contributed by atoms with Gasteiger partial charge in [0.05, 0.1) is 0 Å². The first kappa shape index (κ1) is 3.07. The Labute approximate surface area is 30.8 Å². The number of hydrogen-bond acceptors (Lipinski definition) is 3. The fourth-order valence-corrected chi connectivity index (χ4v) is 0.323. The molecule has 0 radical (unpaired) electrons. The molecule has 1 aliphatic rings. The molecule has 0 aromatic rings. The SMILES string of the molecule is C1=NPOO1. The average Bonchev–Trinajstić information content (AvgIpc) is 1.76. The van der Waals surface area contributed by atoms with Crippen molar-refractivity contribution < 1.29 is 9.56 Å². The second kappa shape index (κ2) is 1.34. The molecule has 0 aliphatic carbocycles. The van der Waals surface area contributed by atoms with Gasteiger partial charge in [-0.2, -0.15) is 4.76 Å². The van der Waals surface area contributed by atoms with E-state index in [2.05, 4.69) is 14.3 Å². The van der Waals surface area contributed by atoms with Crippen LogP contribution in [0.15, 0.2) is 4.76 Å². The summed E-state index contributed by atoms with van der Waals surface area (Å²) in [5.41, 5.74) is 0. The zero-order chi connectivity index (χ0) is 3.54. The normalized spacial score (nSPS) is 24.0. The number of hydrogen-bond donors (Lipinski definition) is 0. The summed E-state index contributed by atoms with van der Waals surface area (Å²) in [6, 6.07) is 0. The van der Waals surface area contributed by atoms with Crippen LogP contribution in [0.1, 0.15) is 0 Å². The van der Waals surface area contributed by atoms with E-state index in [0.29, 0.717) is 0 Å². The third kappa shape index (κ3) is 0.565. The lowest BCUT2D eigenvalue weighted by atomic mass is 11.6. The van der Waals surface area contributed by atoms with E-state index in [4.69, 9.17) is 0 Å². The molecule has 1 heterocycles. The first-order chi connectivity index (χ1) is 2.50. The highest BCUT2D eigenvalue weighted by atomic mass is 31.1. The summed E-state index contributed by atoms with van der Waals surface area (Å²) in [4.78, 5) is 4.17. The molecular formula is CH2NO2P. The summed E-state index contributed by atoms with van der Waals surface area (Å²) in [5, 5.41) is 0. The molecule has 5 heavy (non-hydrogen) atoms. The van der Waals surface area contributed by atoms with Crippen LogP contribution in [0.25, 0.3) is 0 Å². The van der Waals surface area contributed by atoms with E-state index >= 15 is 0 Å². The smallest absolute Gasteiger partial charge is 0.221 e. The zero-order valence-electron chi connectivity index (χ0n) is 2.34. The predicted octanol–water partition coefficient (Wildman–Crippen LogP) is 0.485. The summed E-state index contributed by atoms with van der Waals surface area (Å²) in [6.45, 7) is 0. The molecule has 0 amide bonds. The van der Waals surface area contributed by atoms with Crippen molar-refractivity contribution in [3.05, 3.63) is 0 Å². The maximum atomic E-state index is 4.25. The lowest BCUT2D eigenvalue weighted by Crippen LogP contribution is -1.66. The standard InChI is InChI=1S/CH2NO2P/c1-2-5-4-3-1/h1,5H. The van der Waals surface area contributed by atoms with Gasteiger partial charge < -0.3 is 4.89 Å². The lowest BCUT2D eigenvalue weighted by Gasteiger charge is -1.76. The minimum atomic E-state index is 0.156. The molecule has 1 unspecified atom stereocenters. The van der Waals surface area contributed by atoms with E-state index in [1.165, 1.54) is 6.40 Å². The Bertz CT molecular complexity index is 47.6. The molecule has 0 aromatic carbocycles. The maximum absolute atomic E-state index is 4.25. The van der Waals surface area contributed by atoms with E-state index in [1.807, 2.05) is 0 Å². The van der Waals surface area contributed by atoms with Crippen LogP contribution < -0.4 is 0 Å². The van der Waals surface area contributed by atoms with Crippen molar-refractivity contribution in [2.45, 2.75) is 0 Å². The first-order valence-electron chi connectivity index (χ1n) is 1.09. The molecule has 0 spiro atoms. The zero-order valence-corrected chi connectivity index (χ0v) is 3.34. The van der Waals surface area contributed by atoms with Crippen LogP contribution in [0.3, 0.4) is 0 Å². The fraction of sp³-hybridized carbons (Fsp3) is 0. The summed E-state index contributed by atoms with van der Waals surface area (Å²) in [7, 11) is 0.156. The van der Waals surface area contributed by atoms with Gasteiger partial charge in [0.15, 0.2) is 8.96 Å². The second-order valence-electron chi connectivity index (χ2n) is 0.505. The van der Waals surface area contributed by atoms with Crippen LogP contribution >= 0.6 is 8.96 Å². The van der Waals surface area contributed by atoms with Crippen LogP contribution in [-0.4, -0.2) is 6.40 Å². The van der Waals surface area contributed by atoms with Crippen molar-refractivity contribution in [1.29, 1.82) is 0 Å². The van der Waals surface area contributed by atoms with E-state index < -0.39 is 0 Å². The highest BCUT2D eigenvalue weighted by Crippen LogP contribution is 2.16. The molecule has 0 bridgehead atoms. The molecule has 1 rings (SSSR count). The van der Waals surface area contributed by atoms with Crippen LogP contribution in [0.2, 0.25) is 0 Å². The number of nitrogens with zero attached hydrogens (tertiary/aromatic N) is 1. The van der Waals surface area contributed by atoms with Gasteiger partial charge in [-0.05, 0) is 0 Å². The molecule has 0 aromatic heterocycles. The lowest BCUT2D eigenvalue weighted by molar-refractivity contribution is -0.0846. The Morgan fingerprint density at radius 3 is 3.00 bits per heavy atom. The molecule has 1 aliphatic heterocycles. The van der Waals surface area contributed by atoms with Crippen molar-refractivity contribution in [1.82, 2.24) is 0 Å². The van der Waals surface area contributed by atoms with Crippen molar-refractivity contribution in [2.24, 2.45) is 4.76 Å². The Morgan fingerprint density at radius 2 is 2.80 bits per heavy atom. The van der Waals surface area contributed by atoms with Crippen molar-refractivity contribution in [3.63, 3.8) is 0 Å². The first-order valence-corrected chi connectivity index (χ1v) is 1.94. The Hall–Kier alpha value is -0.140. The maximum Gasteiger partial charge on any atom is 0.221 e. The quantitative estimate of drug-likeness (QED) is 0.320. The van der Waals surface area contributed by atoms with Crippen molar-refractivity contribution in [2.75, 3.05) is 0 Å². The predicted molar refractivity (Wildman–Crippen MR) is 19.0 cm³/mol. The minimum Gasteiger partial charge on any atom is -0.320 e. The molecule has 0 saturated heterocycles. The molecular weight excluding hydrogens is 89.0 g/mol.